The molecular formula is C14H22N4O2. The second kappa shape index (κ2) is 5.64. The van der Waals surface area contributed by atoms with Gasteiger partial charge in [0.15, 0.2) is 0 Å². The van der Waals surface area contributed by atoms with Crippen molar-refractivity contribution in [3.63, 3.8) is 0 Å². The lowest BCUT2D eigenvalue weighted by Gasteiger charge is -2.29. The lowest BCUT2D eigenvalue weighted by Crippen LogP contribution is -2.48. The number of aromatic nitrogens is 2. The Balaban J connectivity index is 2.23. The lowest BCUT2D eigenvalue weighted by molar-refractivity contribution is -0.136. The first-order valence-corrected chi connectivity index (χ1v) is 6.96. The molecule has 2 rings (SSSR count). The number of nitrogens with zero attached hydrogens (tertiary/aromatic N) is 3. The molecule has 0 radical (unpaired) electrons. The summed E-state index contributed by atoms with van der Waals surface area (Å²) in [6, 6.07) is -0.546. The zero-order valence-electron chi connectivity index (χ0n) is 12.5. The number of carbonyl (C=O) groups excluding carboxylic acids is 2. The third-order valence-corrected chi connectivity index (χ3v) is 3.66. The average molecular weight is 278 g/mol. The Labute approximate surface area is 119 Å². The van der Waals surface area contributed by atoms with E-state index in [0.29, 0.717) is 13.0 Å². The van der Waals surface area contributed by atoms with Gasteiger partial charge in [-0.25, -0.2) is 0 Å². The van der Waals surface area contributed by atoms with E-state index in [1.54, 1.807) is 15.8 Å². The van der Waals surface area contributed by atoms with Gasteiger partial charge >= 0.3 is 0 Å². The van der Waals surface area contributed by atoms with E-state index < -0.39 is 6.04 Å². The molecule has 6 heteroatoms. The molecule has 1 aromatic rings. The van der Waals surface area contributed by atoms with E-state index in [2.05, 4.69) is 10.4 Å². The monoisotopic (exact) mass is 278 g/mol. The molecule has 2 heterocycles. The molecular weight excluding hydrogens is 256 g/mol. The fourth-order valence-electron chi connectivity index (χ4n) is 2.50. The number of nitrogens with one attached hydrogen (secondary N) is 1. The maximum Gasteiger partial charge on any atom is 0.245 e. The van der Waals surface area contributed by atoms with Gasteiger partial charge in [-0.2, -0.15) is 5.10 Å². The highest BCUT2D eigenvalue weighted by atomic mass is 16.2. The van der Waals surface area contributed by atoms with Gasteiger partial charge < -0.3 is 10.2 Å². The van der Waals surface area contributed by atoms with Crippen LogP contribution >= 0.6 is 0 Å². The summed E-state index contributed by atoms with van der Waals surface area (Å²) < 4.78 is 1.71. The Kier molecular flexibility index (Phi) is 4.11. The quantitative estimate of drug-likeness (QED) is 0.884. The molecule has 110 valence electrons. The Morgan fingerprint density at radius 2 is 2.15 bits per heavy atom. The van der Waals surface area contributed by atoms with Gasteiger partial charge in [0, 0.05) is 37.8 Å². The summed E-state index contributed by atoms with van der Waals surface area (Å²) in [5.74, 6) is 0.00795. The lowest BCUT2D eigenvalue weighted by atomic mass is 10.0. The van der Waals surface area contributed by atoms with E-state index in [1.807, 2.05) is 34.0 Å². The highest BCUT2D eigenvalue weighted by Gasteiger charge is 2.35. The molecule has 1 aliphatic heterocycles. The molecule has 1 aromatic heterocycles. The summed E-state index contributed by atoms with van der Waals surface area (Å²) in [6.45, 7) is 6.30. The van der Waals surface area contributed by atoms with Crippen LogP contribution in [0.25, 0.3) is 0 Å². The van der Waals surface area contributed by atoms with Crippen molar-refractivity contribution in [2.45, 2.75) is 45.8 Å². The van der Waals surface area contributed by atoms with Crippen molar-refractivity contribution >= 4 is 11.8 Å². The second-order valence-electron chi connectivity index (χ2n) is 5.83. The Bertz CT molecular complexity index is 509. The fourth-order valence-corrected chi connectivity index (χ4v) is 2.50. The van der Waals surface area contributed by atoms with E-state index >= 15 is 0 Å². The minimum absolute atomic E-state index is 0.0118. The van der Waals surface area contributed by atoms with Crippen molar-refractivity contribution in [3.05, 3.63) is 18.0 Å². The topological polar surface area (TPSA) is 67.2 Å². The standard InChI is InChI=1S/C14H22N4O2/c1-9(2)13-14(20)18(10(3)5-12(19)16-13)8-11-6-15-17(4)7-11/h6-7,9-10,13H,5,8H2,1-4H3,(H,16,19). The highest BCUT2D eigenvalue weighted by molar-refractivity contribution is 5.90. The Hall–Kier alpha value is -1.85. The predicted octanol–water partition coefficient (Wildman–Crippen LogP) is 0.682. The normalized spacial score (nSPS) is 23.9. The summed E-state index contributed by atoms with van der Waals surface area (Å²) in [7, 11) is 1.85. The largest absolute Gasteiger partial charge is 0.344 e. The van der Waals surface area contributed by atoms with Crippen molar-refractivity contribution < 1.29 is 9.59 Å². The van der Waals surface area contributed by atoms with Gasteiger partial charge in [0.2, 0.25) is 11.8 Å². The zero-order valence-corrected chi connectivity index (χ0v) is 12.5. The fraction of sp³-hybridized carbons (Fsp3) is 0.643. The van der Waals surface area contributed by atoms with Gasteiger partial charge in [-0.05, 0) is 12.8 Å². The third kappa shape index (κ3) is 3.00. The molecule has 1 N–H and O–H groups in total. The third-order valence-electron chi connectivity index (χ3n) is 3.66. The molecule has 0 bridgehead atoms. The summed E-state index contributed by atoms with van der Waals surface area (Å²) in [6.07, 6.45) is 3.99. The number of aryl methyl sites for hydroxylation is 1. The van der Waals surface area contributed by atoms with Crippen LogP contribution in [0.4, 0.5) is 0 Å². The van der Waals surface area contributed by atoms with Crippen molar-refractivity contribution in [2.24, 2.45) is 13.0 Å². The van der Waals surface area contributed by atoms with Crippen LogP contribution in [-0.4, -0.2) is 38.6 Å². The van der Waals surface area contributed by atoms with Crippen molar-refractivity contribution in [1.82, 2.24) is 20.0 Å². The summed E-state index contributed by atoms with van der Waals surface area (Å²) in [4.78, 5) is 26.3. The van der Waals surface area contributed by atoms with E-state index in [1.165, 1.54) is 0 Å². The molecule has 1 aliphatic rings. The van der Waals surface area contributed by atoms with Crippen LogP contribution in [0.15, 0.2) is 12.4 Å². The van der Waals surface area contributed by atoms with Crippen LogP contribution in [0.5, 0.6) is 0 Å². The van der Waals surface area contributed by atoms with Gasteiger partial charge in [-0.15, -0.1) is 0 Å². The van der Waals surface area contributed by atoms with Crippen LogP contribution in [0, 0.1) is 5.92 Å². The van der Waals surface area contributed by atoms with Gasteiger partial charge in [-0.1, -0.05) is 13.8 Å². The zero-order chi connectivity index (χ0) is 14.9. The Morgan fingerprint density at radius 1 is 1.45 bits per heavy atom. The number of hydrogen-bond acceptors (Lipinski definition) is 3. The minimum atomic E-state index is -0.441. The molecule has 2 amide bonds. The molecule has 6 nitrogen and oxygen atoms in total. The minimum Gasteiger partial charge on any atom is -0.344 e. The van der Waals surface area contributed by atoms with Crippen LogP contribution in [0.1, 0.15) is 32.8 Å². The van der Waals surface area contributed by atoms with Gasteiger partial charge in [0.25, 0.3) is 0 Å². The van der Waals surface area contributed by atoms with E-state index in [9.17, 15) is 9.59 Å². The van der Waals surface area contributed by atoms with Crippen LogP contribution < -0.4 is 5.32 Å². The van der Waals surface area contributed by atoms with Crippen LogP contribution in [-0.2, 0) is 23.2 Å². The molecule has 0 saturated carbocycles. The maximum atomic E-state index is 12.6. The molecule has 2 unspecified atom stereocenters. The molecule has 2 atom stereocenters. The summed E-state index contributed by atoms with van der Waals surface area (Å²) in [5.41, 5.74) is 0.976. The first-order chi connectivity index (χ1) is 9.38. The van der Waals surface area contributed by atoms with Gasteiger partial charge in [0.1, 0.15) is 6.04 Å². The molecule has 1 saturated heterocycles. The molecule has 0 aliphatic carbocycles. The van der Waals surface area contributed by atoms with Crippen LogP contribution in [0.2, 0.25) is 0 Å². The summed E-state index contributed by atoms with van der Waals surface area (Å²) in [5, 5.41) is 6.95. The van der Waals surface area contributed by atoms with E-state index in [0.717, 1.165) is 5.56 Å². The van der Waals surface area contributed by atoms with Gasteiger partial charge in [0.05, 0.1) is 6.20 Å². The smallest absolute Gasteiger partial charge is 0.245 e. The summed E-state index contributed by atoms with van der Waals surface area (Å²) >= 11 is 0. The second-order valence-corrected chi connectivity index (χ2v) is 5.83. The highest BCUT2D eigenvalue weighted by Crippen LogP contribution is 2.18. The Morgan fingerprint density at radius 3 is 2.70 bits per heavy atom. The average Bonchev–Trinajstić information content (AvgIpc) is 2.73. The molecule has 20 heavy (non-hydrogen) atoms. The number of carbonyl (C=O) groups is 2. The molecule has 0 spiro atoms. The SMILES string of the molecule is CC(C)C1NC(=O)CC(C)N(Cc2cnn(C)c2)C1=O. The van der Waals surface area contributed by atoms with Crippen molar-refractivity contribution in [3.8, 4) is 0 Å². The maximum absolute atomic E-state index is 12.6. The van der Waals surface area contributed by atoms with E-state index in [4.69, 9.17) is 0 Å². The predicted molar refractivity (Wildman–Crippen MR) is 74.6 cm³/mol. The first kappa shape index (κ1) is 14.6. The van der Waals surface area contributed by atoms with Crippen LogP contribution in [0.3, 0.4) is 0 Å². The van der Waals surface area contributed by atoms with Crippen molar-refractivity contribution in [2.75, 3.05) is 0 Å². The van der Waals surface area contributed by atoms with Crippen molar-refractivity contribution in [1.29, 1.82) is 0 Å². The number of amides is 2. The van der Waals surface area contributed by atoms with E-state index in [-0.39, 0.29) is 23.8 Å². The first-order valence-electron chi connectivity index (χ1n) is 6.96. The van der Waals surface area contributed by atoms with Gasteiger partial charge in [-0.3, -0.25) is 14.3 Å². The number of rotatable bonds is 3. The molecule has 1 fully saturated rings. The number of hydrogen-bond donors (Lipinski definition) is 1. The molecule has 0 aromatic carbocycles.